The van der Waals surface area contributed by atoms with Crippen LogP contribution in [0.25, 0.3) is 11.1 Å². The fourth-order valence-corrected chi connectivity index (χ4v) is 2.60. The first-order valence-corrected chi connectivity index (χ1v) is 8.51. The van der Waals surface area contributed by atoms with Gasteiger partial charge in [0, 0.05) is 12.0 Å². The summed E-state index contributed by atoms with van der Waals surface area (Å²) in [6, 6.07) is 18.4. The highest BCUT2D eigenvalue weighted by molar-refractivity contribution is 5.74. The molecule has 2 aromatic carbocycles. The second-order valence-electron chi connectivity index (χ2n) is 5.76. The van der Waals surface area contributed by atoms with Crippen molar-refractivity contribution in [2.24, 2.45) is 0 Å². The first kappa shape index (κ1) is 18.0. The lowest BCUT2D eigenvalue weighted by molar-refractivity contribution is -0.129. The number of rotatable bonds is 10. The summed E-state index contributed by atoms with van der Waals surface area (Å²) in [7, 11) is 0. The topological polar surface area (TPSA) is 58.6 Å². The van der Waals surface area contributed by atoms with Crippen molar-refractivity contribution >= 4 is 5.91 Å². The molecular weight excluding hydrogens is 302 g/mol. The van der Waals surface area contributed by atoms with Gasteiger partial charge in [0.1, 0.15) is 5.75 Å². The van der Waals surface area contributed by atoms with Gasteiger partial charge in [-0.1, -0.05) is 67.8 Å². The summed E-state index contributed by atoms with van der Waals surface area (Å²) >= 11 is 0. The van der Waals surface area contributed by atoms with Gasteiger partial charge in [-0.25, -0.2) is 5.48 Å². The molecule has 0 aliphatic rings. The van der Waals surface area contributed by atoms with Crippen LogP contribution in [-0.4, -0.2) is 17.7 Å². The van der Waals surface area contributed by atoms with Crippen LogP contribution in [-0.2, 0) is 4.79 Å². The van der Waals surface area contributed by atoms with Crippen molar-refractivity contribution in [3.63, 3.8) is 0 Å². The number of carbonyl (C=O) groups excluding carboxylic acids is 1. The minimum atomic E-state index is -0.309. The van der Waals surface area contributed by atoms with Gasteiger partial charge in [0.15, 0.2) is 0 Å². The maximum absolute atomic E-state index is 10.9. The van der Waals surface area contributed by atoms with E-state index in [1.807, 2.05) is 36.4 Å². The molecule has 0 saturated carbocycles. The molecule has 0 atom stereocenters. The van der Waals surface area contributed by atoms with E-state index < -0.39 is 0 Å². The minimum absolute atomic E-state index is 0.309. The van der Waals surface area contributed by atoms with Gasteiger partial charge in [0.2, 0.25) is 5.91 Å². The van der Waals surface area contributed by atoms with E-state index >= 15 is 0 Å². The lowest BCUT2D eigenvalue weighted by Gasteiger charge is -2.11. The second kappa shape index (κ2) is 10.4. The van der Waals surface area contributed by atoms with E-state index in [1.165, 1.54) is 0 Å². The summed E-state index contributed by atoms with van der Waals surface area (Å²) in [6.07, 6.45) is 5.33. The maximum atomic E-state index is 10.9. The number of unbranched alkanes of at least 4 members (excludes halogenated alkanes) is 4. The molecule has 4 heteroatoms. The first-order chi connectivity index (χ1) is 11.8. The fraction of sp³-hybridized carbons (Fsp3) is 0.350. The predicted molar refractivity (Wildman–Crippen MR) is 95.0 cm³/mol. The highest BCUT2D eigenvalue weighted by Gasteiger charge is 2.05. The molecule has 0 aromatic heterocycles. The van der Waals surface area contributed by atoms with Crippen molar-refractivity contribution in [3.05, 3.63) is 54.6 Å². The average Bonchev–Trinajstić information content (AvgIpc) is 2.64. The van der Waals surface area contributed by atoms with Gasteiger partial charge in [0.25, 0.3) is 0 Å². The maximum Gasteiger partial charge on any atom is 0.243 e. The number of nitrogens with one attached hydrogen (secondary N) is 1. The molecule has 2 rings (SSSR count). The third-order valence-electron chi connectivity index (χ3n) is 3.90. The first-order valence-electron chi connectivity index (χ1n) is 8.51. The predicted octanol–water partition coefficient (Wildman–Crippen LogP) is 4.58. The van der Waals surface area contributed by atoms with Crippen LogP contribution in [0.3, 0.4) is 0 Å². The third-order valence-corrected chi connectivity index (χ3v) is 3.90. The van der Waals surface area contributed by atoms with E-state index in [4.69, 9.17) is 9.94 Å². The fourth-order valence-electron chi connectivity index (χ4n) is 2.60. The molecule has 0 bridgehead atoms. The van der Waals surface area contributed by atoms with Crippen LogP contribution in [0.2, 0.25) is 0 Å². The van der Waals surface area contributed by atoms with E-state index in [2.05, 4.69) is 18.2 Å². The Bertz CT molecular complexity index is 613. The standard InChI is InChI=1S/C20H25NO3/c22-20(21-23)15-7-2-1-3-10-16-24-19-14-9-8-13-18(19)17-11-5-4-6-12-17/h4-6,8-9,11-14,23H,1-3,7,10,15-16H2,(H,21,22). The van der Waals surface area contributed by atoms with Gasteiger partial charge in [0.05, 0.1) is 6.61 Å². The Hall–Kier alpha value is -2.33. The Kier molecular flexibility index (Phi) is 7.84. The van der Waals surface area contributed by atoms with Crippen molar-refractivity contribution in [1.29, 1.82) is 0 Å². The number of hydroxylamine groups is 1. The Morgan fingerprint density at radius 3 is 2.33 bits per heavy atom. The lowest BCUT2D eigenvalue weighted by Crippen LogP contribution is -2.17. The summed E-state index contributed by atoms with van der Waals surface area (Å²) in [4.78, 5) is 10.9. The molecule has 0 spiro atoms. The number of hydrogen-bond donors (Lipinski definition) is 2. The lowest BCUT2D eigenvalue weighted by atomic mass is 10.0. The number of ether oxygens (including phenoxy) is 1. The van der Waals surface area contributed by atoms with E-state index in [0.29, 0.717) is 13.0 Å². The Labute approximate surface area is 143 Å². The number of amides is 1. The zero-order valence-corrected chi connectivity index (χ0v) is 13.9. The second-order valence-corrected chi connectivity index (χ2v) is 5.76. The van der Waals surface area contributed by atoms with Crippen molar-refractivity contribution in [2.75, 3.05) is 6.61 Å². The molecular formula is C20H25NO3. The molecule has 0 heterocycles. The molecule has 0 fully saturated rings. The zero-order chi connectivity index (χ0) is 17.0. The van der Waals surface area contributed by atoms with E-state index in [0.717, 1.165) is 49.0 Å². The summed E-state index contributed by atoms with van der Waals surface area (Å²) in [5.74, 6) is 0.610. The average molecular weight is 327 g/mol. The molecule has 0 radical (unpaired) electrons. The SMILES string of the molecule is O=C(CCCCCCCOc1ccccc1-c1ccccc1)NO. The highest BCUT2D eigenvalue weighted by atomic mass is 16.5. The van der Waals surface area contributed by atoms with Crippen LogP contribution in [0, 0.1) is 0 Å². The Morgan fingerprint density at radius 1 is 0.875 bits per heavy atom. The molecule has 24 heavy (non-hydrogen) atoms. The van der Waals surface area contributed by atoms with Crippen molar-refractivity contribution < 1.29 is 14.7 Å². The largest absolute Gasteiger partial charge is 0.493 e. The summed E-state index contributed by atoms with van der Waals surface area (Å²) in [5, 5.41) is 8.40. The molecule has 0 aliphatic heterocycles. The minimum Gasteiger partial charge on any atom is -0.493 e. The molecule has 4 nitrogen and oxygen atoms in total. The highest BCUT2D eigenvalue weighted by Crippen LogP contribution is 2.29. The normalized spacial score (nSPS) is 10.4. The van der Waals surface area contributed by atoms with E-state index in [1.54, 1.807) is 5.48 Å². The third kappa shape index (κ3) is 6.05. The molecule has 1 amide bonds. The summed E-state index contributed by atoms with van der Waals surface area (Å²) in [6.45, 7) is 0.695. The summed E-state index contributed by atoms with van der Waals surface area (Å²) in [5.41, 5.74) is 3.94. The van der Waals surface area contributed by atoms with Gasteiger partial charge >= 0.3 is 0 Å². The molecule has 2 N–H and O–H groups in total. The number of benzene rings is 2. The van der Waals surface area contributed by atoms with Crippen LogP contribution in [0.5, 0.6) is 5.75 Å². The number of para-hydroxylation sites is 1. The van der Waals surface area contributed by atoms with Gasteiger partial charge in [-0.3, -0.25) is 10.0 Å². The van der Waals surface area contributed by atoms with Gasteiger partial charge in [-0.05, 0) is 24.5 Å². The van der Waals surface area contributed by atoms with Crippen molar-refractivity contribution in [1.82, 2.24) is 5.48 Å². The molecule has 0 aliphatic carbocycles. The molecule has 0 saturated heterocycles. The molecule has 0 unspecified atom stereocenters. The molecule has 128 valence electrons. The monoisotopic (exact) mass is 327 g/mol. The van der Waals surface area contributed by atoms with Crippen LogP contribution in [0.1, 0.15) is 38.5 Å². The quantitative estimate of drug-likeness (QED) is 0.381. The van der Waals surface area contributed by atoms with Crippen LogP contribution >= 0.6 is 0 Å². The molecule has 2 aromatic rings. The van der Waals surface area contributed by atoms with Crippen molar-refractivity contribution in [2.45, 2.75) is 38.5 Å². The number of hydrogen-bond acceptors (Lipinski definition) is 3. The van der Waals surface area contributed by atoms with Gasteiger partial charge in [-0.15, -0.1) is 0 Å². The van der Waals surface area contributed by atoms with Crippen LogP contribution in [0.15, 0.2) is 54.6 Å². The van der Waals surface area contributed by atoms with Crippen molar-refractivity contribution in [3.8, 4) is 16.9 Å². The van der Waals surface area contributed by atoms with Gasteiger partial charge < -0.3 is 4.74 Å². The number of carbonyl (C=O) groups is 1. The Balaban J connectivity index is 1.69. The Morgan fingerprint density at radius 2 is 1.54 bits per heavy atom. The van der Waals surface area contributed by atoms with Gasteiger partial charge in [-0.2, -0.15) is 0 Å². The van der Waals surface area contributed by atoms with Crippen LogP contribution < -0.4 is 10.2 Å². The summed E-state index contributed by atoms with van der Waals surface area (Å²) < 4.78 is 5.96. The smallest absolute Gasteiger partial charge is 0.243 e. The van der Waals surface area contributed by atoms with Crippen LogP contribution in [0.4, 0.5) is 0 Å². The van der Waals surface area contributed by atoms with E-state index in [-0.39, 0.29) is 5.91 Å². The van der Waals surface area contributed by atoms with E-state index in [9.17, 15) is 4.79 Å². The zero-order valence-electron chi connectivity index (χ0n) is 13.9.